The summed E-state index contributed by atoms with van der Waals surface area (Å²) in [5.74, 6) is -0.909. The van der Waals surface area contributed by atoms with E-state index in [1.165, 1.54) is 0 Å². The van der Waals surface area contributed by atoms with Gasteiger partial charge in [0.2, 0.25) is 0 Å². The maximum absolute atomic E-state index is 12.2. The third-order valence-electron chi connectivity index (χ3n) is 3.40. The molecule has 1 aliphatic rings. The van der Waals surface area contributed by atoms with Gasteiger partial charge in [0.15, 0.2) is 0 Å². The van der Waals surface area contributed by atoms with Gasteiger partial charge in [0.05, 0.1) is 22.7 Å². The lowest BCUT2D eigenvalue weighted by Gasteiger charge is -2.36. The molecule has 0 aliphatic carbocycles. The van der Waals surface area contributed by atoms with E-state index >= 15 is 0 Å². The van der Waals surface area contributed by atoms with Crippen LogP contribution in [0.15, 0.2) is 18.2 Å². The standard InChI is InChI=1S/C14H16Cl2N2O3/c1-3-21-13(19)11-7(2)17-14(20)18-12(11)8-4-5-9(15)10(16)6-8/h4-7,11-12H,3H2,1-2H3,(H2,17,18,20). The number of urea groups is 1. The van der Waals surface area contributed by atoms with Crippen LogP contribution in [-0.2, 0) is 9.53 Å². The Balaban J connectivity index is 2.36. The number of carbonyl (C=O) groups is 2. The lowest BCUT2D eigenvalue weighted by molar-refractivity contribution is -0.150. The number of amides is 2. The number of hydrogen-bond donors (Lipinski definition) is 2. The van der Waals surface area contributed by atoms with Gasteiger partial charge in [-0.15, -0.1) is 0 Å². The second kappa shape index (κ2) is 6.54. The molecule has 1 aromatic rings. The molecule has 114 valence electrons. The van der Waals surface area contributed by atoms with Crippen LogP contribution in [-0.4, -0.2) is 24.6 Å². The Bertz CT molecular complexity index is 565. The third kappa shape index (κ3) is 3.41. The minimum Gasteiger partial charge on any atom is -0.466 e. The molecule has 21 heavy (non-hydrogen) atoms. The van der Waals surface area contributed by atoms with E-state index < -0.39 is 12.0 Å². The van der Waals surface area contributed by atoms with Crippen molar-refractivity contribution in [1.29, 1.82) is 0 Å². The number of nitrogens with one attached hydrogen (secondary N) is 2. The minimum atomic E-state index is -0.542. The summed E-state index contributed by atoms with van der Waals surface area (Å²) in [6, 6.07) is 3.84. The first-order valence-electron chi connectivity index (χ1n) is 6.62. The van der Waals surface area contributed by atoms with Crippen LogP contribution in [0.1, 0.15) is 25.5 Å². The fourth-order valence-electron chi connectivity index (χ4n) is 2.43. The monoisotopic (exact) mass is 330 g/mol. The van der Waals surface area contributed by atoms with Crippen LogP contribution in [0.25, 0.3) is 0 Å². The van der Waals surface area contributed by atoms with E-state index in [0.29, 0.717) is 15.6 Å². The second-order valence-corrected chi connectivity index (χ2v) is 5.65. The highest BCUT2D eigenvalue weighted by Gasteiger charge is 2.40. The largest absolute Gasteiger partial charge is 0.466 e. The topological polar surface area (TPSA) is 67.4 Å². The molecule has 2 amide bonds. The van der Waals surface area contributed by atoms with E-state index in [1.54, 1.807) is 32.0 Å². The zero-order valence-corrected chi connectivity index (χ0v) is 13.2. The number of hydrogen-bond acceptors (Lipinski definition) is 3. The lowest BCUT2D eigenvalue weighted by Crippen LogP contribution is -2.57. The lowest BCUT2D eigenvalue weighted by atomic mass is 9.86. The molecule has 0 aromatic heterocycles. The van der Waals surface area contributed by atoms with Crippen molar-refractivity contribution in [2.75, 3.05) is 6.61 Å². The van der Waals surface area contributed by atoms with Crippen molar-refractivity contribution in [3.8, 4) is 0 Å². The van der Waals surface area contributed by atoms with Gasteiger partial charge in [-0.1, -0.05) is 29.3 Å². The Hall–Kier alpha value is -1.46. The molecule has 3 atom stereocenters. The first-order chi connectivity index (χ1) is 9.93. The first kappa shape index (κ1) is 15.9. The van der Waals surface area contributed by atoms with Crippen LogP contribution < -0.4 is 10.6 Å². The second-order valence-electron chi connectivity index (χ2n) is 4.84. The first-order valence-corrected chi connectivity index (χ1v) is 7.38. The number of halogens is 2. The van der Waals surface area contributed by atoms with Gasteiger partial charge in [0, 0.05) is 6.04 Å². The van der Waals surface area contributed by atoms with Crippen LogP contribution in [0.3, 0.4) is 0 Å². The molecule has 7 heteroatoms. The number of esters is 1. The number of benzene rings is 1. The fourth-order valence-corrected chi connectivity index (χ4v) is 2.74. The van der Waals surface area contributed by atoms with Gasteiger partial charge in [0.25, 0.3) is 0 Å². The van der Waals surface area contributed by atoms with Crippen molar-refractivity contribution in [2.45, 2.75) is 25.9 Å². The van der Waals surface area contributed by atoms with Crippen molar-refractivity contribution in [1.82, 2.24) is 10.6 Å². The smallest absolute Gasteiger partial charge is 0.315 e. The van der Waals surface area contributed by atoms with Crippen LogP contribution in [0.5, 0.6) is 0 Å². The van der Waals surface area contributed by atoms with Gasteiger partial charge in [-0.2, -0.15) is 0 Å². The summed E-state index contributed by atoms with van der Waals surface area (Å²) in [5, 5.41) is 6.22. The zero-order valence-electron chi connectivity index (χ0n) is 11.7. The average molecular weight is 331 g/mol. The molecule has 1 fully saturated rings. The molecular formula is C14H16Cl2N2O3. The van der Waals surface area contributed by atoms with Crippen LogP contribution in [0.4, 0.5) is 4.79 Å². The van der Waals surface area contributed by atoms with E-state index in [9.17, 15) is 9.59 Å². The highest BCUT2D eigenvalue weighted by atomic mass is 35.5. The summed E-state index contributed by atoms with van der Waals surface area (Å²) in [7, 11) is 0. The molecule has 5 nitrogen and oxygen atoms in total. The molecular weight excluding hydrogens is 315 g/mol. The molecule has 1 aliphatic heterocycles. The van der Waals surface area contributed by atoms with E-state index in [-0.39, 0.29) is 24.6 Å². The van der Waals surface area contributed by atoms with Crippen LogP contribution in [0.2, 0.25) is 10.0 Å². The number of carbonyl (C=O) groups excluding carboxylic acids is 2. The summed E-state index contributed by atoms with van der Waals surface area (Å²) in [4.78, 5) is 23.9. The van der Waals surface area contributed by atoms with Gasteiger partial charge in [0.1, 0.15) is 5.92 Å². The van der Waals surface area contributed by atoms with Gasteiger partial charge in [-0.25, -0.2) is 4.79 Å². The van der Waals surface area contributed by atoms with Crippen molar-refractivity contribution in [3.63, 3.8) is 0 Å². The molecule has 0 bridgehead atoms. The maximum atomic E-state index is 12.2. The number of rotatable bonds is 3. The molecule has 0 saturated carbocycles. The summed E-state index contributed by atoms with van der Waals surface area (Å²) in [6.45, 7) is 3.79. The Kier molecular flexibility index (Phi) is 4.96. The highest BCUT2D eigenvalue weighted by Crippen LogP contribution is 2.32. The molecule has 0 spiro atoms. The van der Waals surface area contributed by atoms with E-state index in [1.807, 2.05) is 0 Å². The molecule has 1 saturated heterocycles. The Labute approximate surface area is 132 Å². The van der Waals surface area contributed by atoms with Gasteiger partial charge in [-0.3, -0.25) is 4.79 Å². The number of ether oxygens (including phenoxy) is 1. The molecule has 1 aromatic carbocycles. The van der Waals surface area contributed by atoms with Gasteiger partial charge >= 0.3 is 12.0 Å². The molecule has 3 unspecified atom stereocenters. The Morgan fingerprint density at radius 3 is 2.62 bits per heavy atom. The quantitative estimate of drug-likeness (QED) is 0.837. The van der Waals surface area contributed by atoms with Crippen molar-refractivity contribution in [3.05, 3.63) is 33.8 Å². The van der Waals surface area contributed by atoms with Crippen LogP contribution in [0, 0.1) is 5.92 Å². The van der Waals surface area contributed by atoms with Crippen molar-refractivity contribution in [2.24, 2.45) is 5.92 Å². The van der Waals surface area contributed by atoms with Crippen molar-refractivity contribution < 1.29 is 14.3 Å². The molecule has 1 heterocycles. The molecule has 0 radical (unpaired) electrons. The van der Waals surface area contributed by atoms with E-state index in [0.717, 1.165) is 0 Å². The Morgan fingerprint density at radius 1 is 1.29 bits per heavy atom. The summed E-state index contributed by atoms with van der Waals surface area (Å²) >= 11 is 11.9. The van der Waals surface area contributed by atoms with Crippen molar-refractivity contribution >= 4 is 35.2 Å². The Morgan fingerprint density at radius 2 is 2.00 bits per heavy atom. The minimum absolute atomic E-state index is 0.282. The normalized spacial score (nSPS) is 25.0. The predicted molar refractivity (Wildman–Crippen MR) is 80.5 cm³/mol. The van der Waals surface area contributed by atoms with E-state index in [2.05, 4.69) is 10.6 Å². The fraction of sp³-hybridized carbons (Fsp3) is 0.429. The van der Waals surface area contributed by atoms with Crippen LogP contribution >= 0.6 is 23.2 Å². The summed E-state index contributed by atoms with van der Waals surface area (Å²) < 4.78 is 5.10. The molecule has 2 rings (SSSR count). The third-order valence-corrected chi connectivity index (χ3v) is 4.14. The maximum Gasteiger partial charge on any atom is 0.315 e. The average Bonchev–Trinajstić information content (AvgIpc) is 2.41. The zero-order chi connectivity index (χ0) is 15.6. The summed E-state index contributed by atoms with van der Waals surface area (Å²) in [5.41, 5.74) is 0.712. The van der Waals surface area contributed by atoms with E-state index in [4.69, 9.17) is 27.9 Å². The predicted octanol–water partition coefficient (Wildman–Crippen LogP) is 2.92. The molecule has 2 N–H and O–H groups in total. The highest BCUT2D eigenvalue weighted by molar-refractivity contribution is 6.42. The van der Waals surface area contributed by atoms with Gasteiger partial charge in [-0.05, 0) is 31.5 Å². The van der Waals surface area contributed by atoms with Gasteiger partial charge < -0.3 is 15.4 Å². The summed E-state index contributed by atoms with van der Waals surface area (Å²) in [6.07, 6.45) is 0. The SMILES string of the molecule is CCOC(=O)C1C(C)NC(=O)NC1c1ccc(Cl)c(Cl)c1.